The number of anilines is 1. The zero-order chi connectivity index (χ0) is 14.7. The molecule has 0 aromatic heterocycles. The number of carbonyl (C=O) groups excluding carboxylic acids is 1. The van der Waals surface area contributed by atoms with Gasteiger partial charge >= 0.3 is 0 Å². The summed E-state index contributed by atoms with van der Waals surface area (Å²) in [6, 6.07) is 7.83. The highest BCUT2D eigenvalue weighted by molar-refractivity contribution is 5.99. The van der Waals surface area contributed by atoms with E-state index >= 15 is 0 Å². The van der Waals surface area contributed by atoms with Gasteiger partial charge in [-0.25, -0.2) is 0 Å². The molecule has 6 heteroatoms. The van der Waals surface area contributed by atoms with Gasteiger partial charge < -0.3 is 15.1 Å². The van der Waals surface area contributed by atoms with E-state index in [0.29, 0.717) is 17.3 Å². The fourth-order valence-electron chi connectivity index (χ4n) is 3.13. The molecule has 2 fully saturated rings. The molecule has 1 atom stereocenters. The van der Waals surface area contributed by atoms with Gasteiger partial charge in [-0.05, 0) is 18.6 Å². The maximum Gasteiger partial charge on any atom is 0.256 e. The van der Waals surface area contributed by atoms with E-state index in [1.807, 2.05) is 29.2 Å². The maximum atomic E-state index is 12.6. The number of rotatable bonds is 3. The second kappa shape index (κ2) is 6.43. The second-order valence-electron chi connectivity index (χ2n) is 5.53. The number of likely N-dealkylation sites (tertiary alicyclic amines) is 1. The van der Waals surface area contributed by atoms with E-state index < -0.39 is 0 Å². The van der Waals surface area contributed by atoms with Crippen LogP contribution < -0.4 is 11.3 Å². The topological polar surface area (TPSA) is 70.8 Å². The van der Waals surface area contributed by atoms with Crippen LogP contribution in [0.15, 0.2) is 24.3 Å². The van der Waals surface area contributed by atoms with Crippen LogP contribution in [0.2, 0.25) is 0 Å². The van der Waals surface area contributed by atoms with Crippen LogP contribution in [-0.4, -0.2) is 61.1 Å². The van der Waals surface area contributed by atoms with Crippen molar-refractivity contribution in [3.05, 3.63) is 29.8 Å². The normalized spacial score (nSPS) is 23.3. The number of morpholine rings is 1. The number of hydrogen-bond acceptors (Lipinski definition) is 5. The van der Waals surface area contributed by atoms with Crippen molar-refractivity contribution < 1.29 is 9.53 Å². The predicted molar refractivity (Wildman–Crippen MR) is 81.0 cm³/mol. The summed E-state index contributed by atoms with van der Waals surface area (Å²) in [6.45, 7) is 5.12. The van der Waals surface area contributed by atoms with Gasteiger partial charge in [-0.3, -0.25) is 15.5 Å². The van der Waals surface area contributed by atoms with E-state index in [-0.39, 0.29) is 5.91 Å². The molecule has 1 amide bonds. The molecule has 0 radical (unpaired) electrons. The van der Waals surface area contributed by atoms with Crippen molar-refractivity contribution in [3.63, 3.8) is 0 Å². The molecule has 21 heavy (non-hydrogen) atoms. The second-order valence-corrected chi connectivity index (χ2v) is 5.53. The Labute approximate surface area is 124 Å². The lowest BCUT2D eigenvalue weighted by Gasteiger charge is -2.32. The highest BCUT2D eigenvalue weighted by Crippen LogP contribution is 2.22. The van der Waals surface area contributed by atoms with Gasteiger partial charge in [0.1, 0.15) is 0 Å². The van der Waals surface area contributed by atoms with Gasteiger partial charge in [0.15, 0.2) is 0 Å². The van der Waals surface area contributed by atoms with Gasteiger partial charge in [-0.1, -0.05) is 12.1 Å². The van der Waals surface area contributed by atoms with Gasteiger partial charge in [-0.15, -0.1) is 0 Å². The number of hydrazine groups is 1. The van der Waals surface area contributed by atoms with E-state index in [9.17, 15) is 4.79 Å². The number of nitrogen functional groups attached to an aromatic ring is 1. The summed E-state index contributed by atoms with van der Waals surface area (Å²) in [7, 11) is 0. The number of nitrogens with one attached hydrogen (secondary N) is 1. The summed E-state index contributed by atoms with van der Waals surface area (Å²) in [5.41, 5.74) is 3.92. The first kappa shape index (κ1) is 14.3. The molecule has 1 aromatic carbocycles. The molecule has 0 spiro atoms. The minimum atomic E-state index is 0.0549. The summed E-state index contributed by atoms with van der Waals surface area (Å²) in [5, 5.41) is 0. The number of ether oxygens (including phenoxy) is 1. The summed E-state index contributed by atoms with van der Waals surface area (Å²) >= 11 is 0. The molecule has 0 aliphatic carbocycles. The van der Waals surface area contributed by atoms with Gasteiger partial charge in [0.25, 0.3) is 5.91 Å². The number of hydrogen-bond donors (Lipinski definition) is 2. The molecule has 2 aliphatic rings. The molecule has 3 N–H and O–H groups in total. The van der Waals surface area contributed by atoms with Crippen molar-refractivity contribution in [2.24, 2.45) is 5.84 Å². The zero-order valence-electron chi connectivity index (χ0n) is 12.1. The molecular weight excluding hydrogens is 268 g/mol. The average Bonchev–Trinajstić information content (AvgIpc) is 3.05. The van der Waals surface area contributed by atoms with Gasteiger partial charge in [-0.2, -0.15) is 0 Å². The van der Waals surface area contributed by atoms with E-state index in [0.717, 1.165) is 45.8 Å². The van der Waals surface area contributed by atoms with Gasteiger partial charge in [0.05, 0.1) is 24.5 Å². The number of para-hydroxylation sites is 1. The van der Waals surface area contributed by atoms with Crippen LogP contribution in [0.25, 0.3) is 0 Å². The van der Waals surface area contributed by atoms with E-state index in [1.54, 1.807) is 0 Å². The van der Waals surface area contributed by atoms with E-state index in [2.05, 4.69) is 10.3 Å². The van der Waals surface area contributed by atoms with Crippen LogP contribution in [0, 0.1) is 0 Å². The molecule has 3 rings (SSSR count). The number of carbonyl (C=O) groups is 1. The molecule has 1 aromatic rings. The van der Waals surface area contributed by atoms with Crippen molar-refractivity contribution in [2.75, 3.05) is 44.8 Å². The lowest BCUT2D eigenvalue weighted by atomic mass is 10.1. The Bertz CT molecular complexity index is 502. The van der Waals surface area contributed by atoms with Crippen LogP contribution in [0.5, 0.6) is 0 Å². The third-order valence-corrected chi connectivity index (χ3v) is 4.33. The minimum Gasteiger partial charge on any atom is -0.379 e. The number of nitrogens with two attached hydrogens (primary N) is 1. The monoisotopic (exact) mass is 290 g/mol. The highest BCUT2D eigenvalue weighted by Gasteiger charge is 2.32. The summed E-state index contributed by atoms with van der Waals surface area (Å²) in [5.74, 6) is 5.54. The minimum absolute atomic E-state index is 0.0549. The molecule has 0 saturated carbocycles. The van der Waals surface area contributed by atoms with E-state index in [4.69, 9.17) is 10.6 Å². The predicted octanol–water partition coefficient (Wildman–Crippen LogP) is 0.519. The lowest BCUT2D eigenvalue weighted by molar-refractivity contribution is 0.0185. The summed E-state index contributed by atoms with van der Waals surface area (Å²) in [6.07, 6.45) is 1.03. The van der Waals surface area contributed by atoms with Crippen LogP contribution >= 0.6 is 0 Å². The third kappa shape index (κ3) is 3.02. The summed E-state index contributed by atoms with van der Waals surface area (Å²) < 4.78 is 5.39. The Morgan fingerprint density at radius 2 is 2.00 bits per heavy atom. The Morgan fingerprint density at radius 1 is 1.24 bits per heavy atom. The molecule has 6 nitrogen and oxygen atoms in total. The molecule has 1 unspecified atom stereocenters. The lowest BCUT2D eigenvalue weighted by Crippen LogP contribution is -2.45. The molecule has 2 heterocycles. The molecule has 0 bridgehead atoms. The fraction of sp³-hybridized carbons (Fsp3) is 0.533. The Balaban J connectivity index is 1.66. The number of benzene rings is 1. The number of amides is 1. The quantitative estimate of drug-likeness (QED) is 0.627. The SMILES string of the molecule is NNc1ccccc1C(=O)N1CCC(N2CCOCC2)C1. The first-order valence-electron chi connectivity index (χ1n) is 7.46. The Morgan fingerprint density at radius 3 is 2.76 bits per heavy atom. The molecule has 114 valence electrons. The van der Waals surface area contributed by atoms with Crippen LogP contribution in [0.1, 0.15) is 16.8 Å². The number of nitrogens with zero attached hydrogens (tertiary/aromatic N) is 2. The standard InChI is InChI=1S/C15H22N4O2/c16-17-14-4-2-1-3-13(14)15(20)19-6-5-12(11-19)18-7-9-21-10-8-18/h1-4,12,17H,5-11,16H2. The fourth-order valence-corrected chi connectivity index (χ4v) is 3.13. The van der Waals surface area contributed by atoms with Gasteiger partial charge in [0, 0.05) is 32.2 Å². The first-order chi connectivity index (χ1) is 10.3. The maximum absolute atomic E-state index is 12.6. The van der Waals surface area contributed by atoms with Crippen molar-refractivity contribution in [3.8, 4) is 0 Å². The highest BCUT2D eigenvalue weighted by atomic mass is 16.5. The van der Waals surface area contributed by atoms with Crippen molar-refractivity contribution in [1.29, 1.82) is 0 Å². The van der Waals surface area contributed by atoms with Crippen LogP contribution in [0.3, 0.4) is 0 Å². The van der Waals surface area contributed by atoms with Crippen LogP contribution in [0.4, 0.5) is 5.69 Å². The zero-order valence-corrected chi connectivity index (χ0v) is 12.1. The van der Waals surface area contributed by atoms with E-state index in [1.165, 1.54) is 0 Å². The van der Waals surface area contributed by atoms with Crippen molar-refractivity contribution >= 4 is 11.6 Å². The Hall–Kier alpha value is -1.63. The Kier molecular flexibility index (Phi) is 4.38. The van der Waals surface area contributed by atoms with Crippen LogP contribution in [-0.2, 0) is 4.74 Å². The smallest absolute Gasteiger partial charge is 0.256 e. The molecular formula is C15H22N4O2. The average molecular weight is 290 g/mol. The van der Waals surface area contributed by atoms with Gasteiger partial charge in [0.2, 0.25) is 0 Å². The first-order valence-corrected chi connectivity index (χ1v) is 7.46. The van der Waals surface area contributed by atoms with Crippen molar-refractivity contribution in [1.82, 2.24) is 9.80 Å². The largest absolute Gasteiger partial charge is 0.379 e. The molecule has 2 saturated heterocycles. The third-order valence-electron chi connectivity index (χ3n) is 4.33. The van der Waals surface area contributed by atoms with Crippen molar-refractivity contribution in [2.45, 2.75) is 12.5 Å². The summed E-state index contributed by atoms with van der Waals surface area (Å²) in [4.78, 5) is 17.0. The molecule has 2 aliphatic heterocycles.